The number of nitrogens with one attached hydrogen (secondary N) is 1. The summed E-state index contributed by atoms with van der Waals surface area (Å²) in [5, 5.41) is 3.22. The third kappa shape index (κ3) is 1.57. The van der Waals surface area contributed by atoms with Crippen LogP contribution in [-0.4, -0.2) is 45.8 Å². The predicted molar refractivity (Wildman–Crippen MR) is 57.9 cm³/mol. The van der Waals surface area contributed by atoms with Crippen LogP contribution in [0.5, 0.6) is 0 Å². The summed E-state index contributed by atoms with van der Waals surface area (Å²) in [6.07, 6.45) is 1.64. The van der Waals surface area contributed by atoms with Crippen molar-refractivity contribution in [3.63, 3.8) is 0 Å². The molecule has 2 aliphatic rings. The summed E-state index contributed by atoms with van der Waals surface area (Å²) in [5.74, 6) is 0.247. The first-order valence-corrected chi connectivity index (χ1v) is 5.84. The number of hydrogen-bond donors (Lipinski definition) is 1. The van der Waals surface area contributed by atoms with E-state index in [0.29, 0.717) is 0 Å². The summed E-state index contributed by atoms with van der Waals surface area (Å²) in [5.41, 5.74) is 0. The summed E-state index contributed by atoms with van der Waals surface area (Å²) in [6.45, 7) is 1.73. The van der Waals surface area contributed by atoms with E-state index >= 15 is 0 Å². The van der Waals surface area contributed by atoms with Crippen LogP contribution in [0.1, 0.15) is 12.8 Å². The van der Waals surface area contributed by atoms with Crippen LogP contribution in [0.4, 0.5) is 0 Å². The quantitative estimate of drug-likeness (QED) is 0.631. The molecule has 0 aromatic carbocycles. The van der Waals surface area contributed by atoms with Crippen LogP contribution in [-0.2, 0) is 15.6 Å². The minimum absolute atomic E-state index is 0. The molecule has 1 unspecified atom stereocenters. The van der Waals surface area contributed by atoms with E-state index in [1.165, 1.54) is 0 Å². The Balaban J connectivity index is 0.000000980. The Labute approximate surface area is 92.3 Å². The summed E-state index contributed by atoms with van der Waals surface area (Å²) >= 11 is 0. The smallest absolute Gasteiger partial charge is 0.236 e. The molecule has 2 rings (SSSR count). The molecule has 1 spiro atoms. The van der Waals surface area contributed by atoms with Gasteiger partial charge in [-0.25, -0.2) is 0 Å². The largest absolute Gasteiger partial charge is 0.328 e. The molecular weight excluding hydrogens is 224 g/mol. The highest BCUT2D eigenvalue weighted by Crippen LogP contribution is 2.33. The van der Waals surface area contributed by atoms with Gasteiger partial charge in [-0.3, -0.25) is 9.00 Å². The van der Waals surface area contributed by atoms with Crippen molar-refractivity contribution in [1.29, 1.82) is 0 Å². The van der Waals surface area contributed by atoms with E-state index in [1.54, 1.807) is 11.9 Å². The van der Waals surface area contributed by atoms with Crippen LogP contribution in [0.3, 0.4) is 0 Å². The van der Waals surface area contributed by atoms with Crippen molar-refractivity contribution < 1.29 is 9.00 Å². The van der Waals surface area contributed by atoms with Crippen LogP contribution in [0.2, 0.25) is 0 Å². The van der Waals surface area contributed by atoms with Gasteiger partial charge in [0.25, 0.3) is 0 Å². The highest BCUT2D eigenvalue weighted by Gasteiger charge is 2.49. The molecule has 0 bridgehead atoms. The topological polar surface area (TPSA) is 49.4 Å². The van der Waals surface area contributed by atoms with E-state index in [0.717, 1.165) is 25.9 Å². The maximum Gasteiger partial charge on any atom is 0.236 e. The van der Waals surface area contributed by atoms with Gasteiger partial charge in [0.05, 0.1) is 10.8 Å². The monoisotopic (exact) mass is 238 g/mol. The van der Waals surface area contributed by atoms with Gasteiger partial charge >= 0.3 is 0 Å². The van der Waals surface area contributed by atoms with E-state index in [4.69, 9.17) is 0 Å². The third-order valence-corrected chi connectivity index (χ3v) is 5.09. The summed E-state index contributed by atoms with van der Waals surface area (Å²) in [4.78, 5) is 12.7. The molecule has 1 amide bonds. The van der Waals surface area contributed by atoms with Crippen LogP contribution < -0.4 is 5.32 Å². The number of rotatable bonds is 0. The molecule has 4 nitrogen and oxygen atoms in total. The number of amides is 1. The normalized spacial score (nSPS) is 30.5. The highest BCUT2D eigenvalue weighted by molar-refractivity contribution is 7.87. The Morgan fingerprint density at radius 1 is 1.43 bits per heavy atom. The van der Waals surface area contributed by atoms with Crippen LogP contribution in [0.15, 0.2) is 0 Å². The Kier molecular flexibility index (Phi) is 3.55. The van der Waals surface area contributed by atoms with E-state index < -0.39 is 10.8 Å². The molecule has 0 saturated carbocycles. The Morgan fingerprint density at radius 2 is 2.00 bits per heavy atom. The van der Waals surface area contributed by atoms with Gasteiger partial charge in [-0.2, -0.15) is 0 Å². The fraction of sp³-hybridized carbons (Fsp3) is 0.875. The van der Waals surface area contributed by atoms with Crippen molar-refractivity contribution in [2.75, 3.05) is 25.9 Å². The number of carbonyl (C=O) groups is 1. The molecule has 82 valence electrons. The number of carbonyl (C=O) groups excluding carboxylic acids is 1. The molecular formula is C8H15ClN2O2S. The van der Waals surface area contributed by atoms with Crippen LogP contribution in [0, 0.1) is 0 Å². The minimum atomic E-state index is -0.992. The van der Waals surface area contributed by atoms with Gasteiger partial charge in [-0.15, -0.1) is 12.4 Å². The fourth-order valence-electron chi connectivity index (χ4n) is 2.10. The highest BCUT2D eigenvalue weighted by atomic mass is 35.5. The first-order valence-electron chi connectivity index (χ1n) is 4.53. The second-order valence-electron chi connectivity index (χ2n) is 3.64. The van der Waals surface area contributed by atoms with Crippen LogP contribution >= 0.6 is 12.4 Å². The van der Waals surface area contributed by atoms with Gasteiger partial charge in [0.1, 0.15) is 10.6 Å². The zero-order chi connectivity index (χ0) is 9.47. The van der Waals surface area contributed by atoms with E-state index in [-0.39, 0.29) is 28.9 Å². The molecule has 0 aromatic rings. The van der Waals surface area contributed by atoms with Gasteiger partial charge in [0, 0.05) is 7.05 Å². The zero-order valence-electron chi connectivity index (χ0n) is 8.12. The molecule has 2 aliphatic heterocycles. The second kappa shape index (κ2) is 4.16. The standard InChI is InChI=1S/C8H14N2O2S.ClH/c1-10-7(11)6-13(12)8(10)2-4-9-5-3-8;/h9H,2-6H2,1H3;1H. The van der Waals surface area contributed by atoms with Crippen molar-refractivity contribution in [1.82, 2.24) is 10.2 Å². The summed E-state index contributed by atoms with van der Waals surface area (Å²) < 4.78 is 11.8. The maximum absolute atomic E-state index is 11.8. The van der Waals surface area contributed by atoms with Crippen molar-refractivity contribution in [3.8, 4) is 0 Å². The molecule has 2 heterocycles. The SMILES string of the molecule is CN1C(=O)CS(=O)C12CCNCC2.Cl. The average molecular weight is 239 g/mol. The lowest BCUT2D eigenvalue weighted by Gasteiger charge is -2.37. The lowest BCUT2D eigenvalue weighted by Crippen LogP contribution is -2.52. The van der Waals surface area contributed by atoms with Crippen molar-refractivity contribution >= 4 is 29.1 Å². The maximum atomic E-state index is 11.8. The summed E-state index contributed by atoms with van der Waals surface area (Å²) in [7, 11) is 0.785. The number of hydrogen-bond acceptors (Lipinski definition) is 3. The van der Waals surface area contributed by atoms with E-state index in [9.17, 15) is 9.00 Å². The van der Waals surface area contributed by atoms with Crippen LogP contribution in [0.25, 0.3) is 0 Å². The molecule has 0 radical (unpaired) electrons. The number of halogens is 1. The molecule has 2 saturated heterocycles. The Hall–Kier alpha value is -0.130. The molecule has 14 heavy (non-hydrogen) atoms. The van der Waals surface area contributed by atoms with Gasteiger partial charge in [0.2, 0.25) is 5.91 Å². The van der Waals surface area contributed by atoms with Crippen molar-refractivity contribution in [3.05, 3.63) is 0 Å². The van der Waals surface area contributed by atoms with Gasteiger partial charge in [-0.1, -0.05) is 0 Å². The first kappa shape index (κ1) is 11.9. The first-order chi connectivity index (χ1) is 6.17. The fourth-order valence-corrected chi connectivity index (χ4v) is 3.86. The molecule has 0 aliphatic carbocycles. The van der Waals surface area contributed by atoms with Crippen molar-refractivity contribution in [2.45, 2.75) is 17.7 Å². The van der Waals surface area contributed by atoms with Gasteiger partial charge in [0.15, 0.2) is 0 Å². The zero-order valence-corrected chi connectivity index (χ0v) is 9.75. The lowest BCUT2D eigenvalue weighted by atomic mass is 10.0. The van der Waals surface area contributed by atoms with Gasteiger partial charge in [-0.05, 0) is 25.9 Å². The van der Waals surface area contributed by atoms with E-state index in [2.05, 4.69) is 5.32 Å². The molecule has 2 fully saturated rings. The number of nitrogens with zero attached hydrogens (tertiary/aromatic N) is 1. The molecule has 1 N–H and O–H groups in total. The molecule has 0 aromatic heterocycles. The van der Waals surface area contributed by atoms with Gasteiger partial charge < -0.3 is 10.2 Å². The van der Waals surface area contributed by atoms with Crippen molar-refractivity contribution in [2.24, 2.45) is 0 Å². The molecule has 6 heteroatoms. The Morgan fingerprint density at radius 3 is 2.43 bits per heavy atom. The summed E-state index contributed by atoms with van der Waals surface area (Å²) in [6, 6.07) is 0. The lowest BCUT2D eigenvalue weighted by molar-refractivity contribution is -0.129. The third-order valence-electron chi connectivity index (χ3n) is 3.05. The average Bonchev–Trinajstić information content (AvgIpc) is 2.34. The van der Waals surface area contributed by atoms with E-state index in [1.807, 2.05) is 0 Å². The molecule has 1 atom stereocenters. The second-order valence-corrected chi connectivity index (χ2v) is 5.38. The predicted octanol–water partition coefficient (Wildman–Crippen LogP) is -0.291. The number of piperidine rings is 1. The minimum Gasteiger partial charge on any atom is -0.328 e. The Bertz CT molecular complexity index is 266.